The van der Waals surface area contributed by atoms with Gasteiger partial charge in [0, 0.05) is 17.8 Å². The Morgan fingerprint density at radius 3 is 2.72 bits per heavy atom. The Labute approximate surface area is 105 Å². The Morgan fingerprint density at radius 1 is 1.06 bits per heavy atom. The molecule has 2 aromatic rings. The minimum Gasteiger partial charge on any atom is -0.508 e. The van der Waals surface area contributed by atoms with Crippen molar-refractivity contribution in [2.75, 3.05) is 12.1 Å². The van der Waals surface area contributed by atoms with Gasteiger partial charge in [-0.25, -0.2) is 0 Å². The highest BCUT2D eigenvalue weighted by Crippen LogP contribution is 2.35. The Balaban J connectivity index is 1.74. The topological polar surface area (TPSA) is 50.7 Å². The van der Waals surface area contributed by atoms with Crippen LogP contribution < -0.4 is 14.8 Å². The second-order valence-electron chi connectivity index (χ2n) is 4.05. The summed E-state index contributed by atoms with van der Waals surface area (Å²) in [7, 11) is 0. The van der Waals surface area contributed by atoms with Gasteiger partial charge in [0.2, 0.25) is 6.79 Å². The molecule has 1 aliphatic rings. The highest BCUT2D eigenvalue weighted by molar-refractivity contribution is 5.51. The molecule has 0 fully saturated rings. The van der Waals surface area contributed by atoms with Crippen molar-refractivity contribution >= 4 is 5.69 Å². The number of anilines is 1. The third-order valence-electron chi connectivity index (χ3n) is 2.83. The van der Waals surface area contributed by atoms with E-state index in [0.717, 1.165) is 22.7 Å². The lowest BCUT2D eigenvalue weighted by Gasteiger charge is -2.08. The predicted molar refractivity (Wildman–Crippen MR) is 68.0 cm³/mol. The van der Waals surface area contributed by atoms with Crippen LogP contribution in [-0.4, -0.2) is 11.9 Å². The molecule has 0 saturated heterocycles. The summed E-state index contributed by atoms with van der Waals surface area (Å²) < 4.78 is 10.8. The SMILES string of the molecule is Oc1ccc(NCc2cccc3c2OCO3)cc1. The zero-order valence-electron chi connectivity index (χ0n) is 9.72. The second kappa shape index (κ2) is 4.49. The molecule has 1 aliphatic heterocycles. The predicted octanol–water partition coefficient (Wildman–Crippen LogP) is 2.73. The quantitative estimate of drug-likeness (QED) is 0.814. The zero-order chi connectivity index (χ0) is 12.4. The Bertz CT molecular complexity index is 551. The van der Waals surface area contributed by atoms with Gasteiger partial charge in [0.25, 0.3) is 0 Å². The Kier molecular flexibility index (Phi) is 2.68. The maximum atomic E-state index is 9.20. The first-order chi connectivity index (χ1) is 8.83. The van der Waals surface area contributed by atoms with Crippen LogP contribution in [0.15, 0.2) is 42.5 Å². The van der Waals surface area contributed by atoms with Crippen molar-refractivity contribution in [3.63, 3.8) is 0 Å². The first kappa shape index (κ1) is 10.8. The van der Waals surface area contributed by atoms with Crippen molar-refractivity contribution in [1.29, 1.82) is 0 Å². The molecule has 0 aliphatic carbocycles. The van der Waals surface area contributed by atoms with Gasteiger partial charge in [-0.15, -0.1) is 0 Å². The fraction of sp³-hybridized carbons (Fsp3) is 0.143. The van der Waals surface area contributed by atoms with Crippen LogP contribution in [0.2, 0.25) is 0 Å². The molecule has 0 bridgehead atoms. The van der Waals surface area contributed by atoms with Crippen LogP contribution in [0, 0.1) is 0 Å². The second-order valence-corrected chi connectivity index (χ2v) is 4.05. The van der Waals surface area contributed by atoms with Crippen LogP contribution in [0.3, 0.4) is 0 Å². The molecule has 2 aromatic carbocycles. The highest BCUT2D eigenvalue weighted by Gasteiger charge is 2.16. The number of hydrogen-bond donors (Lipinski definition) is 2. The average Bonchev–Trinajstić information content (AvgIpc) is 2.87. The maximum Gasteiger partial charge on any atom is 0.231 e. The minimum atomic E-state index is 0.262. The number of nitrogens with one attached hydrogen (secondary N) is 1. The van der Waals surface area contributed by atoms with Crippen molar-refractivity contribution in [3.05, 3.63) is 48.0 Å². The molecule has 0 unspecified atom stereocenters. The van der Waals surface area contributed by atoms with E-state index in [1.54, 1.807) is 12.1 Å². The van der Waals surface area contributed by atoms with Gasteiger partial charge in [0.05, 0.1) is 0 Å². The lowest BCUT2D eigenvalue weighted by Crippen LogP contribution is -2.00. The van der Waals surface area contributed by atoms with E-state index in [1.165, 1.54) is 0 Å². The molecule has 0 saturated carbocycles. The monoisotopic (exact) mass is 243 g/mol. The Morgan fingerprint density at radius 2 is 1.89 bits per heavy atom. The van der Waals surface area contributed by atoms with Gasteiger partial charge < -0.3 is 19.9 Å². The average molecular weight is 243 g/mol. The summed E-state index contributed by atoms with van der Waals surface area (Å²) in [5, 5.41) is 12.5. The summed E-state index contributed by atoms with van der Waals surface area (Å²) in [6.45, 7) is 0.933. The molecule has 0 amide bonds. The van der Waals surface area contributed by atoms with E-state index in [-0.39, 0.29) is 12.5 Å². The molecule has 3 rings (SSSR count). The van der Waals surface area contributed by atoms with E-state index in [9.17, 15) is 5.11 Å². The zero-order valence-corrected chi connectivity index (χ0v) is 9.72. The van der Waals surface area contributed by atoms with Gasteiger partial charge >= 0.3 is 0 Å². The molecule has 4 nitrogen and oxygen atoms in total. The largest absolute Gasteiger partial charge is 0.508 e. The standard InChI is InChI=1S/C14H13NO3/c16-12-6-4-11(5-7-12)15-8-10-2-1-3-13-14(10)18-9-17-13/h1-7,15-16H,8-9H2. The molecular formula is C14H13NO3. The van der Waals surface area contributed by atoms with Crippen LogP contribution in [0.4, 0.5) is 5.69 Å². The van der Waals surface area contributed by atoms with Gasteiger partial charge in [0.1, 0.15) is 5.75 Å². The molecular weight excluding hydrogens is 230 g/mol. The summed E-state index contributed by atoms with van der Waals surface area (Å²) in [5.41, 5.74) is 2.00. The first-order valence-corrected chi connectivity index (χ1v) is 5.73. The fourth-order valence-corrected chi connectivity index (χ4v) is 1.91. The van der Waals surface area contributed by atoms with E-state index < -0.39 is 0 Å². The molecule has 92 valence electrons. The van der Waals surface area contributed by atoms with Gasteiger partial charge in [-0.1, -0.05) is 12.1 Å². The summed E-state index contributed by atoms with van der Waals surface area (Å²) in [5.74, 6) is 1.86. The molecule has 2 N–H and O–H groups in total. The lowest BCUT2D eigenvalue weighted by molar-refractivity contribution is 0.173. The number of para-hydroxylation sites is 1. The van der Waals surface area contributed by atoms with E-state index in [4.69, 9.17) is 9.47 Å². The molecule has 4 heteroatoms. The van der Waals surface area contributed by atoms with Crippen LogP contribution in [-0.2, 0) is 6.54 Å². The van der Waals surface area contributed by atoms with Crippen LogP contribution >= 0.6 is 0 Å². The lowest BCUT2D eigenvalue weighted by atomic mass is 10.2. The van der Waals surface area contributed by atoms with Crippen molar-refractivity contribution in [3.8, 4) is 17.2 Å². The number of hydrogen-bond acceptors (Lipinski definition) is 4. The number of rotatable bonds is 3. The third kappa shape index (κ3) is 2.05. The summed E-state index contributed by atoms with van der Waals surface area (Å²) >= 11 is 0. The highest BCUT2D eigenvalue weighted by atomic mass is 16.7. The molecule has 0 atom stereocenters. The van der Waals surface area contributed by atoms with E-state index in [1.807, 2.05) is 30.3 Å². The number of phenols is 1. The Hall–Kier alpha value is -2.36. The van der Waals surface area contributed by atoms with Crippen molar-refractivity contribution < 1.29 is 14.6 Å². The van der Waals surface area contributed by atoms with E-state index >= 15 is 0 Å². The van der Waals surface area contributed by atoms with Gasteiger partial charge in [-0.2, -0.15) is 0 Å². The van der Waals surface area contributed by atoms with Crippen molar-refractivity contribution in [2.45, 2.75) is 6.54 Å². The van der Waals surface area contributed by atoms with Crippen molar-refractivity contribution in [2.24, 2.45) is 0 Å². The molecule has 0 radical (unpaired) electrons. The van der Waals surface area contributed by atoms with E-state index in [0.29, 0.717) is 6.54 Å². The normalized spacial score (nSPS) is 12.4. The maximum absolute atomic E-state index is 9.20. The fourth-order valence-electron chi connectivity index (χ4n) is 1.91. The third-order valence-corrected chi connectivity index (χ3v) is 2.83. The van der Waals surface area contributed by atoms with E-state index in [2.05, 4.69) is 5.32 Å². The number of benzene rings is 2. The van der Waals surface area contributed by atoms with Crippen LogP contribution in [0.1, 0.15) is 5.56 Å². The summed E-state index contributed by atoms with van der Waals surface area (Å²) in [6.07, 6.45) is 0. The number of fused-ring (bicyclic) bond motifs is 1. The molecule has 0 spiro atoms. The number of phenolic OH excluding ortho intramolecular Hbond substituents is 1. The smallest absolute Gasteiger partial charge is 0.231 e. The minimum absolute atomic E-state index is 0.262. The van der Waals surface area contributed by atoms with Crippen molar-refractivity contribution in [1.82, 2.24) is 0 Å². The van der Waals surface area contributed by atoms with Crippen LogP contribution in [0.25, 0.3) is 0 Å². The molecule has 1 heterocycles. The van der Waals surface area contributed by atoms with Gasteiger partial charge in [0.15, 0.2) is 11.5 Å². The number of ether oxygens (including phenoxy) is 2. The van der Waals surface area contributed by atoms with Crippen LogP contribution in [0.5, 0.6) is 17.2 Å². The summed E-state index contributed by atoms with van der Waals surface area (Å²) in [6, 6.07) is 12.8. The molecule has 18 heavy (non-hydrogen) atoms. The molecule has 0 aromatic heterocycles. The summed E-state index contributed by atoms with van der Waals surface area (Å²) in [4.78, 5) is 0. The van der Waals surface area contributed by atoms with Gasteiger partial charge in [-0.3, -0.25) is 0 Å². The van der Waals surface area contributed by atoms with Gasteiger partial charge in [-0.05, 0) is 30.3 Å². The number of aromatic hydroxyl groups is 1. The first-order valence-electron chi connectivity index (χ1n) is 5.73.